The van der Waals surface area contributed by atoms with Gasteiger partial charge < -0.3 is 19.5 Å². The Labute approximate surface area is 249 Å². The molecule has 2 N–H and O–H groups in total. The van der Waals surface area contributed by atoms with Crippen LogP contribution in [0.3, 0.4) is 0 Å². The maximum atomic E-state index is 11.9. The van der Waals surface area contributed by atoms with E-state index in [-0.39, 0.29) is 0 Å². The number of aryl methyl sites for hydroxylation is 1. The van der Waals surface area contributed by atoms with Crippen LogP contribution in [-0.4, -0.2) is 46.2 Å². The number of aliphatic carboxylic acids is 1. The van der Waals surface area contributed by atoms with E-state index in [1.165, 1.54) is 17.5 Å². The van der Waals surface area contributed by atoms with E-state index < -0.39 is 11.4 Å². The van der Waals surface area contributed by atoms with Crippen LogP contribution in [0.25, 0.3) is 21.8 Å². The number of pyridine rings is 1. The van der Waals surface area contributed by atoms with Crippen LogP contribution < -0.4 is 14.4 Å². The second-order valence-corrected chi connectivity index (χ2v) is 12.6. The van der Waals surface area contributed by atoms with Gasteiger partial charge in [0.2, 0.25) is 0 Å². The first kappa shape index (κ1) is 28.9. The van der Waals surface area contributed by atoms with Gasteiger partial charge in [0, 0.05) is 30.6 Å². The quantitative estimate of drug-likeness (QED) is 0.230. The molecule has 0 atom stereocenters. The molecule has 8 nitrogen and oxygen atoms in total. The van der Waals surface area contributed by atoms with Gasteiger partial charge in [-0.2, -0.15) is 0 Å². The number of carboxylic acids is 1. The number of fused-ring (bicyclic) bond motifs is 6. The Morgan fingerprint density at radius 1 is 1.02 bits per heavy atom. The van der Waals surface area contributed by atoms with E-state index in [4.69, 9.17) is 19.7 Å². The zero-order valence-electron chi connectivity index (χ0n) is 23.6. The average molecular weight is 590 g/mol. The zero-order valence-corrected chi connectivity index (χ0v) is 25.2. The lowest BCUT2D eigenvalue weighted by atomic mass is 9.93. The molecule has 0 fully saturated rings. The van der Waals surface area contributed by atoms with Gasteiger partial charge in [0.05, 0.1) is 23.6 Å². The summed E-state index contributed by atoms with van der Waals surface area (Å²) in [6.07, 6.45) is 6.84. The molecule has 4 bridgehead atoms. The summed E-state index contributed by atoms with van der Waals surface area (Å²) in [7, 11) is 1.67. The van der Waals surface area contributed by atoms with Crippen molar-refractivity contribution in [3.05, 3.63) is 66.4 Å². The highest BCUT2D eigenvalue weighted by Gasteiger charge is 2.30. The van der Waals surface area contributed by atoms with Crippen molar-refractivity contribution in [1.82, 2.24) is 15.0 Å². The summed E-state index contributed by atoms with van der Waals surface area (Å²) in [4.78, 5) is 29.8. The van der Waals surface area contributed by atoms with Crippen LogP contribution in [0.5, 0.6) is 5.06 Å². The molecule has 0 aliphatic carbocycles. The zero-order chi connectivity index (χ0) is 28.8. The van der Waals surface area contributed by atoms with E-state index in [9.17, 15) is 9.90 Å². The Kier molecular flexibility index (Phi) is 9.09. The molecule has 4 aromatic rings. The predicted molar refractivity (Wildman–Crippen MR) is 167 cm³/mol. The second kappa shape index (κ2) is 12.9. The number of anilines is 2. The Morgan fingerprint density at radius 2 is 1.85 bits per heavy atom. The van der Waals surface area contributed by atoms with Gasteiger partial charge in [-0.05, 0) is 62.9 Å². The Hall–Kier alpha value is -3.63. The smallest absolute Gasteiger partial charge is 0.310 e. The van der Waals surface area contributed by atoms with Crippen LogP contribution in [-0.2, 0) is 11.2 Å². The summed E-state index contributed by atoms with van der Waals surface area (Å²) >= 11 is 2.92. The van der Waals surface area contributed by atoms with Gasteiger partial charge in [0.25, 0.3) is 0 Å². The molecule has 1 aliphatic rings. The van der Waals surface area contributed by atoms with Gasteiger partial charge in [-0.15, -0.1) is 0 Å². The van der Waals surface area contributed by atoms with E-state index in [1.54, 1.807) is 38.5 Å². The van der Waals surface area contributed by atoms with Gasteiger partial charge in [-0.25, -0.2) is 15.0 Å². The van der Waals surface area contributed by atoms with Crippen molar-refractivity contribution in [2.24, 2.45) is 5.41 Å². The number of hydrogen-bond acceptors (Lipinski definition) is 9. The van der Waals surface area contributed by atoms with E-state index in [2.05, 4.69) is 33.9 Å². The number of benzene rings is 1. The number of carbonyl (C=O) groups is 1. The minimum atomic E-state index is -0.897. The van der Waals surface area contributed by atoms with Gasteiger partial charge in [-0.3, -0.25) is 4.79 Å². The highest BCUT2D eigenvalue weighted by atomic mass is 32.2. The normalized spacial score (nSPS) is 14.5. The Bertz CT molecular complexity index is 1510. The number of hydrogen-bond donors (Lipinski definition) is 2. The molecule has 0 saturated heterocycles. The van der Waals surface area contributed by atoms with Crippen LogP contribution in [0, 0.1) is 5.41 Å². The molecule has 0 spiro atoms. The van der Waals surface area contributed by atoms with Crippen molar-refractivity contribution in [2.45, 2.75) is 51.0 Å². The first-order valence-electron chi connectivity index (χ1n) is 13.8. The fourth-order valence-electron chi connectivity index (χ4n) is 4.87. The van der Waals surface area contributed by atoms with Gasteiger partial charge in [-0.1, -0.05) is 54.5 Å². The third-order valence-corrected chi connectivity index (χ3v) is 8.94. The molecule has 214 valence electrons. The van der Waals surface area contributed by atoms with E-state index in [1.807, 2.05) is 30.3 Å². The van der Waals surface area contributed by atoms with Gasteiger partial charge >= 0.3 is 5.97 Å². The highest BCUT2D eigenvalue weighted by molar-refractivity contribution is 8.00. The summed E-state index contributed by atoms with van der Waals surface area (Å²) in [5.74, 6) is 0.592. The number of nitrogens with zero attached hydrogens (tertiary/aromatic N) is 4. The van der Waals surface area contributed by atoms with Crippen molar-refractivity contribution in [1.29, 1.82) is 0 Å². The molecular formula is C31H35N5O3S2. The van der Waals surface area contributed by atoms with Crippen LogP contribution in [0.4, 0.5) is 11.6 Å². The molecule has 0 saturated carbocycles. The molecule has 0 amide bonds. The molecule has 1 aliphatic heterocycles. The number of rotatable bonds is 5. The van der Waals surface area contributed by atoms with E-state index >= 15 is 0 Å². The van der Waals surface area contributed by atoms with Crippen LogP contribution in [0.2, 0.25) is 0 Å². The summed E-state index contributed by atoms with van der Waals surface area (Å²) in [5.41, 5.74) is 3.10. The van der Waals surface area contributed by atoms with Crippen molar-refractivity contribution in [2.75, 3.05) is 29.8 Å². The minimum absolute atomic E-state index is 0.383. The highest BCUT2D eigenvalue weighted by Crippen LogP contribution is 2.38. The first-order chi connectivity index (χ1) is 19.8. The lowest BCUT2D eigenvalue weighted by Crippen LogP contribution is -2.40. The Balaban J connectivity index is 1.51. The standard InChI is InChI=1S/C31H35N5O3S2/c1-31(2,30(37)38)20-36-18-9-5-4-6-11-21-12-7-8-13-22(21)28-29(23-16-17-27(39-3)40-23)32-19-24(33-28)35-41-26-15-10-14-25(36)34-26/h7-8,10,12-17,19H,4-6,9,11,18,20H2,1-3H3,(H,33,35)(H,37,38). The average Bonchev–Trinajstić information content (AvgIpc) is 3.46. The second-order valence-electron chi connectivity index (χ2n) is 10.7. The monoisotopic (exact) mass is 589 g/mol. The third kappa shape index (κ3) is 7.00. The number of methoxy groups -OCH3 is 1. The molecular weight excluding hydrogens is 555 g/mol. The summed E-state index contributed by atoms with van der Waals surface area (Å²) in [6.45, 7) is 4.67. The number of thiophene rings is 1. The first-order valence-corrected chi connectivity index (χ1v) is 15.4. The topological polar surface area (TPSA) is 100 Å². The Morgan fingerprint density at radius 3 is 2.66 bits per heavy atom. The van der Waals surface area contributed by atoms with Crippen molar-refractivity contribution >= 4 is 40.9 Å². The maximum absolute atomic E-state index is 11.9. The minimum Gasteiger partial charge on any atom is -0.487 e. The van der Waals surface area contributed by atoms with E-state index in [0.29, 0.717) is 12.4 Å². The maximum Gasteiger partial charge on any atom is 0.310 e. The number of carboxylic acid groups (broad SMARTS) is 1. The van der Waals surface area contributed by atoms with Gasteiger partial charge in [0.1, 0.15) is 22.2 Å². The van der Waals surface area contributed by atoms with Crippen LogP contribution in [0.15, 0.2) is 65.8 Å². The van der Waals surface area contributed by atoms with Crippen molar-refractivity contribution < 1.29 is 14.6 Å². The van der Waals surface area contributed by atoms with Crippen molar-refractivity contribution in [3.63, 3.8) is 0 Å². The molecule has 1 aromatic carbocycles. The number of ether oxygens (including phenoxy) is 1. The summed E-state index contributed by atoms with van der Waals surface area (Å²) in [6, 6.07) is 18.3. The van der Waals surface area contributed by atoms with E-state index in [0.717, 1.165) is 76.4 Å². The lowest BCUT2D eigenvalue weighted by Gasteiger charge is -2.31. The van der Waals surface area contributed by atoms with Crippen LogP contribution in [0.1, 0.15) is 45.1 Å². The predicted octanol–water partition coefficient (Wildman–Crippen LogP) is 7.43. The summed E-state index contributed by atoms with van der Waals surface area (Å²) in [5, 5.41) is 11.4. The fraction of sp³-hybridized carbons (Fsp3) is 0.355. The largest absolute Gasteiger partial charge is 0.487 e. The molecule has 0 unspecified atom stereocenters. The lowest BCUT2D eigenvalue weighted by molar-refractivity contribution is -0.146. The van der Waals surface area contributed by atoms with Crippen molar-refractivity contribution in [3.8, 4) is 26.9 Å². The number of nitrogens with one attached hydrogen (secondary N) is 1. The number of aromatic nitrogens is 3. The third-order valence-electron chi connectivity index (χ3n) is 7.14. The molecule has 4 heterocycles. The SMILES string of the molecule is COc1ccc(-c2ncc3nc2-c2ccccc2CCCCCCN(CC(C)(C)C(=O)O)c2cccc(n2)SN3)s1. The molecule has 5 rings (SSSR count). The summed E-state index contributed by atoms with van der Waals surface area (Å²) < 4.78 is 8.79. The molecule has 41 heavy (non-hydrogen) atoms. The molecule has 10 heteroatoms. The molecule has 0 radical (unpaired) electrons. The fourth-order valence-corrected chi connectivity index (χ4v) is 6.28. The molecule has 3 aromatic heterocycles. The van der Waals surface area contributed by atoms with Gasteiger partial charge in [0.15, 0.2) is 10.9 Å². The van der Waals surface area contributed by atoms with Crippen LogP contribution >= 0.6 is 23.3 Å².